The molecular formula is C99H62O3. The average molecular weight is 1300 g/mol. The van der Waals surface area contributed by atoms with E-state index in [1.165, 1.54) is 165 Å². The summed E-state index contributed by atoms with van der Waals surface area (Å²) < 4.78 is 19.4. The number of rotatable bonds is 6. The summed E-state index contributed by atoms with van der Waals surface area (Å²) in [6.45, 7) is 6.81. The minimum Gasteiger partial charge on any atom is -0.456 e. The average Bonchev–Trinajstić information content (AvgIpc) is 0.751. The molecule has 0 bridgehead atoms. The zero-order valence-electron chi connectivity index (χ0n) is 56.3. The fourth-order valence-electron chi connectivity index (χ4n) is 18.7. The van der Waals surface area contributed by atoms with Crippen molar-refractivity contribution in [3.63, 3.8) is 0 Å². The van der Waals surface area contributed by atoms with Crippen LogP contribution in [0.3, 0.4) is 0 Å². The lowest BCUT2D eigenvalue weighted by Gasteiger charge is -2.31. The maximum atomic E-state index is 6.69. The van der Waals surface area contributed by atoms with Crippen LogP contribution in [0.4, 0.5) is 0 Å². The number of fused-ring (bicyclic) bond motifs is 14. The van der Waals surface area contributed by atoms with Gasteiger partial charge in [0.1, 0.15) is 33.5 Å². The minimum atomic E-state index is -0.406. The highest BCUT2D eigenvalue weighted by atomic mass is 16.3. The quantitative estimate of drug-likeness (QED) is 0.156. The molecular weight excluding hydrogens is 1240 g/mol. The largest absolute Gasteiger partial charge is 0.456 e. The molecule has 3 heteroatoms. The lowest BCUT2D eigenvalue weighted by Crippen LogP contribution is -2.26. The van der Waals surface area contributed by atoms with Crippen LogP contribution >= 0.6 is 0 Å². The van der Waals surface area contributed by atoms with Gasteiger partial charge in [0.05, 0.1) is 5.41 Å². The van der Waals surface area contributed by atoms with E-state index in [4.69, 9.17) is 13.3 Å². The van der Waals surface area contributed by atoms with E-state index >= 15 is 0 Å². The van der Waals surface area contributed by atoms with Gasteiger partial charge in [-0.05, 0) is 216 Å². The molecule has 0 unspecified atom stereocenters. The highest BCUT2D eigenvalue weighted by molar-refractivity contribution is 6.24. The fraction of sp³-hybridized carbons (Fsp3) is 0.0505. The molecule has 0 N–H and O–H groups in total. The lowest BCUT2D eigenvalue weighted by molar-refractivity contribution is 0.642. The molecule has 0 saturated heterocycles. The first-order chi connectivity index (χ1) is 50.2. The number of hydrogen-bond acceptors (Lipinski definition) is 3. The van der Waals surface area contributed by atoms with Crippen molar-refractivity contribution in [2.75, 3.05) is 0 Å². The molecule has 3 aromatic heterocycles. The van der Waals surface area contributed by atoms with Crippen LogP contribution in [0.5, 0.6) is 0 Å². The van der Waals surface area contributed by atoms with E-state index in [9.17, 15) is 0 Å². The van der Waals surface area contributed by atoms with Gasteiger partial charge in [-0.3, -0.25) is 0 Å². The maximum Gasteiger partial charge on any atom is 0.136 e. The Morgan fingerprint density at radius 3 is 1.03 bits per heavy atom. The SMILES string of the molecule is Cc1ccc(-c2c3ccccc3c(-c3ccc(-c4cc5c6c(c4)oc4cccc(c46)C5(C)C)cc3)c3ccccc23)cc1.c1ccc2c(c1)-c1ccccc1C21c2cccc3oc4cc(-c5ccc(-c6c7ccccc7c(-c7ccc8c(c7)oc7ccccc78)c7ccccc67)cc5)cc1c4c23. The van der Waals surface area contributed by atoms with Crippen molar-refractivity contribution in [2.45, 2.75) is 31.6 Å². The predicted molar refractivity (Wildman–Crippen MR) is 425 cm³/mol. The molecule has 1 spiro atoms. The molecule has 3 heterocycles. The van der Waals surface area contributed by atoms with E-state index in [2.05, 4.69) is 330 Å². The second kappa shape index (κ2) is 21.1. The number of aryl methyl sites for hydroxylation is 1. The van der Waals surface area contributed by atoms with Crippen LogP contribution in [0.2, 0.25) is 0 Å². The van der Waals surface area contributed by atoms with Crippen molar-refractivity contribution >= 4 is 109 Å². The summed E-state index contributed by atoms with van der Waals surface area (Å²) in [5.74, 6) is 0. The van der Waals surface area contributed by atoms with Crippen LogP contribution in [0.1, 0.15) is 52.8 Å². The maximum absolute atomic E-state index is 6.69. The van der Waals surface area contributed by atoms with Gasteiger partial charge in [0.2, 0.25) is 0 Å². The van der Waals surface area contributed by atoms with Gasteiger partial charge in [-0.15, -0.1) is 0 Å². The summed E-state index contributed by atoms with van der Waals surface area (Å²) in [5, 5.41) is 17.3. The highest BCUT2D eigenvalue weighted by Gasteiger charge is 2.52. The third-order valence-electron chi connectivity index (χ3n) is 23.2. The molecule has 0 radical (unpaired) electrons. The van der Waals surface area contributed by atoms with Crippen LogP contribution in [-0.2, 0) is 10.8 Å². The van der Waals surface area contributed by atoms with Crippen molar-refractivity contribution in [3.8, 4) is 77.9 Å². The van der Waals surface area contributed by atoms with Crippen molar-refractivity contribution in [1.29, 1.82) is 0 Å². The van der Waals surface area contributed by atoms with Gasteiger partial charge in [0.25, 0.3) is 0 Å². The van der Waals surface area contributed by atoms with E-state index in [0.29, 0.717) is 0 Å². The molecule has 0 fully saturated rings. The number of benzene rings is 17. The molecule has 0 aliphatic heterocycles. The number of furan rings is 3. The first-order valence-electron chi connectivity index (χ1n) is 35.5. The molecule has 102 heavy (non-hydrogen) atoms. The van der Waals surface area contributed by atoms with Crippen LogP contribution in [0, 0.1) is 6.92 Å². The summed E-state index contributed by atoms with van der Waals surface area (Å²) in [4.78, 5) is 0. The lowest BCUT2D eigenvalue weighted by atomic mass is 9.70. The van der Waals surface area contributed by atoms with Gasteiger partial charge in [0.15, 0.2) is 0 Å². The van der Waals surface area contributed by atoms with E-state index in [-0.39, 0.29) is 5.41 Å². The Labute approximate surface area is 588 Å². The van der Waals surface area contributed by atoms with Crippen LogP contribution < -0.4 is 0 Å². The monoisotopic (exact) mass is 1300 g/mol. The highest BCUT2D eigenvalue weighted by Crippen LogP contribution is 2.64. The molecule has 3 aliphatic carbocycles. The van der Waals surface area contributed by atoms with Crippen molar-refractivity contribution in [3.05, 3.63) is 360 Å². The molecule has 476 valence electrons. The summed E-state index contributed by atoms with van der Waals surface area (Å²) in [5.41, 5.74) is 31.7. The Hall–Kier alpha value is -12.8. The molecule has 0 atom stereocenters. The van der Waals surface area contributed by atoms with Crippen molar-refractivity contribution < 1.29 is 13.3 Å². The van der Waals surface area contributed by atoms with Crippen molar-refractivity contribution in [2.24, 2.45) is 0 Å². The molecule has 20 aromatic rings. The van der Waals surface area contributed by atoms with Gasteiger partial charge in [-0.2, -0.15) is 0 Å². The number of hydrogen-bond donors (Lipinski definition) is 0. The van der Waals surface area contributed by atoms with Crippen LogP contribution in [0.15, 0.2) is 335 Å². The van der Waals surface area contributed by atoms with E-state index in [0.717, 1.165) is 61.0 Å². The zero-order chi connectivity index (χ0) is 67.3. The molecule has 17 aromatic carbocycles. The molecule has 0 saturated carbocycles. The van der Waals surface area contributed by atoms with E-state index in [1.54, 1.807) is 0 Å². The first kappa shape index (κ1) is 57.1. The second-order valence-electron chi connectivity index (χ2n) is 28.8. The summed E-state index contributed by atoms with van der Waals surface area (Å²) in [6, 6.07) is 118. The fourth-order valence-corrected chi connectivity index (χ4v) is 18.7. The Morgan fingerprint density at radius 2 is 0.529 bits per heavy atom. The summed E-state index contributed by atoms with van der Waals surface area (Å²) in [6.07, 6.45) is 0. The Kier molecular flexibility index (Phi) is 11.8. The molecule has 0 amide bonds. The Bertz CT molecular complexity index is 6850. The second-order valence-corrected chi connectivity index (χ2v) is 28.8. The Balaban J connectivity index is 0.000000136. The Morgan fingerprint density at radius 1 is 0.206 bits per heavy atom. The van der Waals surface area contributed by atoms with E-state index < -0.39 is 5.41 Å². The molecule has 23 rings (SSSR count). The molecule has 3 aliphatic rings. The number of para-hydroxylation sites is 1. The molecule has 3 nitrogen and oxygen atoms in total. The topological polar surface area (TPSA) is 39.4 Å². The van der Waals surface area contributed by atoms with Gasteiger partial charge in [-0.25, -0.2) is 0 Å². The van der Waals surface area contributed by atoms with E-state index in [1.807, 2.05) is 12.1 Å². The minimum absolute atomic E-state index is 0.0494. The third kappa shape index (κ3) is 7.85. The van der Waals surface area contributed by atoms with Gasteiger partial charge < -0.3 is 13.3 Å². The zero-order valence-corrected chi connectivity index (χ0v) is 56.3. The smallest absolute Gasteiger partial charge is 0.136 e. The van der Waals surface area contributed by atoms with Gasteiger partial charge in [-0.1, -0.05) is 286 Å². The summed E-state index contributed by atoms with van der Waals surface area (Å²) >= 11 is 0. The predicted octanol–water partition coefficient (Wildman–Crippen LogP) is 27.3. The normalized spacial score (nSPS) is 13.6. The van der Waals surface area contributed by atoms with Gasteiger partial charge in [0, 0.05) is 37.7 Å². The summed E-state index contributed by atoms with van der Waals surface area (Å²) in [7, 11) is 0. The van der Waals surface area contributed by atoms with Gasteiger partial charge >= 0.3 is 0 Å². The first-order valence-corrected chi connectivity index (χ1v) is 35.5. The standard InChI is InChI=1S/C57H32O2.C42H30O/c1-3-17-43-41(15-1)53(42-16-2-4-18-44(42)54(43)35-28-29-40-39-14-7-10-22-49(39)58-51(40)31-35)34-26-24-33(25-27-34)36-30-48-56-52(32-36)59-50-23-11-21-47(55(50)56)57(48)45-19-8-5-12-37(45)38-13-6-9-20-46(38)57;1-25-15-17-27(18-16-25)38-30-9-4-6-11-32(30)39(33-12-7-5-10-31(33)38)28-21-19-26(20-22-28)29-23-35-41-37(24-29)43-36-14-8-13-34(40(36)41)42(35,2)3/h1-32H;4-24H,1-3H3. The van der Waals surface area contributed by atoms with Crippen molar-refractivity contribution in [1.82, 2.24) is 0 Å². The van der Waals surface area contributed by atoms with Crippen LogP contribution in [-0.4, -0.2) is 0 Å². The third-order valence-corrected chi connectivity index (χ3v) is 23.2. The van der Waals surface area contributed by atoms with Crippen LogP contribution in [0.25, 0.3) is 187 Å².